The molecule has 2 aromatic carbocycles. The van der Waals surface area contributed by atoms with Gasteiger partial charge in [-0.3, -0.25) is 4.57 Å². The Morgan fingerprint density at radius 3 is 2.57 bits per heavy atom. The first-order valence-corrected chi connectivity index (χ1v) is 11.4. The number of hydrogen-bond acceptors (Lipinski definition) is 6. The van der Waals surface area contributed by atoms with Crippen LogP contribution in [0.4, 0.5) is 0 Å². The molecular formula is C28H27N3O4. The van der Waals surface area contributed by atoms with Gasteiger partial charge in [0.1, 0.15) is 19.0 Å². The second kappa shape index (κ2) is 10.9. The summed E-state index contributed by atoms with van der Waals surface area (Å²) in [6.45, 7) is 4.65. The molecule has 0 unspecified atom stereocenters. The van der Waals surface area contributed by atoms with Gasteiger partial charge in [0.25, 0.3) is 0 Å². The van der Waals surface area contributed by atoms with Gasteiger partial charge in [-0.15, -0.1) is 6.42 Å². The van der Waals surface area contributed by atoms with Crippen LogP contribution in [0.3, 0.4) is 0 Å². The van der Waals surface area contributed by atoms with Gasteiger partial charge in [-0.1, -0.05) is 50.1 Å². The summed E-state index contributed by atoms with van der Waals surface area (Å²) in [5.41, 5.74) is 3.57. The van der Waals surface area contributed by atoms with E-state index in [4.69, 9.17) is 21.0 Å². The highest BCUT2D eigenvalue weighted by Gasteiger charge is 2.15. The number of aliphatic hydroxyl groups is 1. The predicted octanol–water partition coefficient (Wildman–Crippen LogP) is 4.01. The van der Waals surface area contributed by atoms with Crippen LogP contribution in [0.25, 0.3) is 22.2 Å². The van der Waals surface area contributed by atoms with Gasteiger partial charge in [0.2, 0.25) is 5.88 Å². The van der Waals surface area contributed by atoms with Crippen molar-refractivity contribution >= 4 is 10.9 Å². The predicted molar refractivity (Wildman–Crippen MR) is 136 cm³/mol. The van der Waals surface area contributed by atoms with Crippen LogP contribution in [0.1, 0.15) is 31.0 Å². The Morgan fingerprint density at radius 1 is 1.06 bits per heavy atom. The van der Waals surface area contributed by atoms with Gasteiger partial charge in [-0.25, -0.2) is 9.78 Å². The van der Waals surface area contributed by atoms with E-state index >= 15 is 0 Å². The maximum Gasteiger partial charge on any atom is 0.348 e. The van der Waals surface area contributed by atoms with Crippen LogP contribution in [0.2, 0.25) is 0 Å². The molecule has 0 aliphatic carbocycles. The Morgan fingerprint density at radius 2 is 1.86 bits per heavy atom. The first-order chi connectivity index (χ1) is 17.0. The number of rotatable bonds is 9. The molecule has 0 aliphatic heterocycles. The van der Waals surface area contributed by atoms with Crippen molar-refractivity contribution in [1.29, 1.82) is 0 Å². The molecule has 0 fully saturated rings. The van der Waals surface area contributed by atoms with E-state index in [0.717, 1.165) is 10.9 Å². The number of benzene rings is 2. The summed E-state index contributed by atoms with van der Waals surface area (Å²) in [6, 6.07) is 18.9. The van der Waals surface area contributed by atoms with Crippen molar-refractivity contribution in [2.75, 3.05) is 19.8 Å². The fourth-order valence-corrected chi connectivity index (χ4v) is 3.81. The van der Waals surface area contributed by atoms with Gasteiger partial charge in [0.05, 0.1) is 30.1 Å². The average Bonchev–Trinajstić information content (AvgIpc) is 2.88. The second-order valence-electron chi connectivity index (χ2n) is 8.32. The molecule has 0 radical (unpaired) electrons. The number of aromatic nitrogens is 3. The minimum atomic E-state index is -0.388. The highest BCUT2D eigenvalue weighted by atomic mass is 16.5. The zero-order valence-electron chi connectivity index (χ0n) is 19.8. The number of pyridine rings is 1. The smallest absolute Gasteiger partial charge is 0.348 e. The van der Waals surface area contributed by atoms with E-state index in [1.54, 1.807) is 22.8 Å². The summed E-state index contributed by atoms with van der Waals surface area (Å²) in [7, 11) is 0. The molecule has 0 saturated carbocycles. The molecule has 1 N–H and O–H groups in total. The van der Waals surface area contributed by atoms with Crippen LogP contribution < -0.4 is 15.2 Å². The Balaban J connectivity index is 1.82. The highest BCUT2D eigenvalue weighted by molar-refractivity contribution is 5.93. The topological polar surface area (TPSA) is 86.5 Å². The first-order valence-electron chi connectivity index (χ1n) is 11.4. The molecule has 2 heterocycles. The summed E-state index contributed by atoms with van der Waals surface area (Å²) in [6.07, 6.45) is 5.36. The lowest BCUT2D eigenvalue weighted by molar-refractivity contribution is 0.196. The van der Waals surface area contributed by atoms with Crippen molar-refractivity contribution in [3.8, 4) is 35.2 Å². The third-order valence-corrected chi connectivity index (χ3v) is 5.57. The van der Waals surface area contributed by atoms with Gasteiger partial charge >= 0.3 is 5.69 Å². The minimum Gasteiger partial charge on any atom is -0.481 e. The van der Waals surface area contributed by atoms with Crippen molar-refractivity contribution in [3.63, 3.8) is 0 Å². The normalized spacial score (nSPS) is 10.9. The molecule has 0 bridgehead atoms. The molecule has 35 heavy (non-hydrogen) atoms. The lowest BCUT2D eigenvalue weighted by atomic mass is 9.99. The monoisotopic (exact) mass is 469 g/mol. The van der Waals surface area contributed by atoms with Gasteiger partial charge < -0.3 is 14.6 Å². The van der Waals surface area contributed by atoms with Crippen LogP contribution >= 0.6 is 0 Å². The zero-order valence-corrected chi connectivity index (χ0v) is 19.8. The summed E-state index contributed by atoms with van der Waals surface area (Å²) in [4.78, 5) is 22.1. The Hall–Kier alpha value is -4.15. The van der Waals surface area contributed by atoms with E-state index < -0.39 is 0 Å². The Labute approximate surface area is 204 Å². The fourth-order valence-electron chi connectivity index (χ4n) is 3.81. The number of aliphatic hydroxyl groups excluding tert-OH is 1. The molecular weight excluding hydrogens is 442 g/mol. The van der Waals surface area contributed by atoms with Crippen LogP contribution in [0.15, 0.2) is 65.5 Å². The van der Waals surface area contributed by atoms with Crippen molar-refractivity contribution in [1.82, 2.24) is 14.5 Å². The quantitative estimate of drug-likeness (QED) is 0.373. The number of nitrogens with zero attached hydrogens (tertiary/aromatic N) is 3. The van der Waals surface area contributed by atoms with Gasteiger partial charge in [0.15, 0.2) is 0 Å². The van der Waals surface area contributed by atoms with Gasteiger partial charge in [-0.2, -0.15) is 4.98 Å². The summed E-state index contributed by atoms with van der Waals surface area (Å²) in [5, 5.41) is 9.77. The number of terminal acetylenes is 1. The number of fused-ring (bicyclic) bond motifs is 1. The molecule has 7 heteroatoms. The molecule has 178 valence electrons. The summed E-state index contributed by atoms with van der Waals surface area (Å²) < 4.78 is 12.6. The maximum absolute atomic E-state index is 13.2. The third-order valence-electron chi connectivity index (χ3n) is 5.57. The molecule has 0 aliphatic rings. The fraction of sp³-hybridized carbons (Fsp3) is 0.250. The molecule has 0 atom stereocenters. The number of hydrogen-bond donors (Lipinski definition) is 1. The van der Waals surface area contributed by atoms with Crippen LogP contribution in [-0.2, 0) is 6.54 Å². The first kappa shape index (κ1) is 24.0. The van der Waals surface area contributed by atoms with E-state index in [1.165, 1.54) is 5.56 Å². The highest BCUT2D eigenvalue weighted by Crippen LogP contribution is 2.30. The molecule has 2 aromatic heterocycles. The summed E-state index contributed by atoms with van der Waals surface area (Å²) >= 11 is 0. The average molecular weight is 470 g/mol. The van der Waals surface area contributed by atoms with E-state index in [-0.39, 0.29) is 32.1 Å². The van der Waals surface area contributed by atoms with Crippen molar-refractivity contribution in [2.45, 2.75) is 26.3 Å². The van der Waals surface area contributed by atoms with Crippen LogP contribution in [0.5, 0.6) is 11.6 Å². The Bertz CT molecular complexity index is 1420. The van der Waals surface area contributed by atoms with E-state index in [0.29, 0.717) is 34.5 Å². The molecule has 4 aromatic rings. The summed E-state index contributed by atoms with van der Waals surface area (Å²) in [5.74, 6) is 3.85. The molecule has 7 nitrogen and oxygen atoms in total. The van der Waals surface area contributed by atoms with E-state index in [1.807, 2.05) is 30.3 Å². The SMILES string of the molecule is C#CCOc1ccc2c(c1)c(-c1ccc(C(C)C)cc1)nc(=O)n2Cc1cccc(OCCO)n1. The maximum atomic E-state index is 13.2. The Kier molecular flexibility index (Phi) is 7.44. The van der Waals surface area contributed by atoms with Crippen LogP contribution in [0, 0.1) is 12.3 Å². The third kappa shape index (κ3) is 5.51. The second-order valence-corrected chi connectivity index (χ2v) is 8.32. The van der Waals surface area contributed by atoms with Crippen LogP contribution in [-0.4, -0.2) is 39.5 Å². The largest absolute Gasteiger partial charge is 0.481 e. The van der Waals surface area contributed by atoms with Crippen molar-refractivity contribution in [3.05, 3.63) is 82.4 Å². The lowest BCUT2D eigenvalue weighted by Gasteiger charge is -2.15. The van der Waals surface area contributed by atoms with Gasteiger partial charge in [-0.05, 0) is 35.7 Å². The zero-order chi connectivity index (χ0) is 24.8. The molecule has 0 amide bonds. The molecule has 4 rings (SSSR count). The molecule has 0 spiro atoms. The van der Waals surface area contributed by atoms with Gasteiger partial charge in [0, 0.05) is 17.0 Å². The van der Waals surface area contributed by atoms with Crippen molar-refractivity contribution < 1.29 is 14.6 Å². The van der Waals surface area contributed by atoms with Crippen molar-refractivity contribution in [2.24, 2.45) is 0 Å². The standard InChI is InChI=1S/C28H27N3O4/c1-4-15-34-23-12-13-25-24(17-23)27(21-10-8-20(9-11-21)19(2)3)30-28(33)31(25)18-22-6-5-7-26(29-22)35-16-14-32/h1,5-13,17,19,32H,14-16,18H2,2-3H3. The molecule has 0 saturated heterocycles. The lowest BCUT2D eigenvalue weighted by Crippen LogP contribution is -2.25. The van der Waals surface area contributed by atoms with E-state index in [9.17, 15) is 4.79 Å². The van der Waals surface area contributed by atoms with E-state index in [2.05, 4.69) is 41.9 Å². The minimum absolute atomic E-state index is 0.108. The number of ether oxygens (including phenoxy) is 2.